The van der Waals surface area contributed by atoms with E-state index < -0.39 is 0 Å². The van der Waals surface area contributed by atoms with Gasteiger partial charge >= 0.3 is 0 Å². The van der Waals surface area contributed by atoms with Gasteiger partial charge < -0.3 is 4.74 Å². The lowest BCUT2D eigenvalue weighted by molar-refractivity contribution is -0.114. The highest BCUT2D eigenvalue weighted by Crippen LogP contribution is 2.24. The molecule has 2 rings (SSSR count). The Bertz CT molecular complexity index is 377. The Morgan fingerprint density at radius 2 is 2.08 bits per heavy atom. The summed E-state index contributed by atoms with van der Waals surface area (Å²) in [5, 5.41) is 0. The SMILES string of the molecule is COC1=CC(=O)Cc2ccccc21. The van der Waals surface area contributed by atoms with Crippen molar-refractivity contribution >= 4 is 11.5 Å². The molecule has 0 fully saturated rings. The fraction of sp³-hybridized carbons (Fsp3) is 0.182. The average molecular weight is 174 g/mol. The number of allylic oxidation sites excluding steroid dienone is 1. The second kappa shape index (κ2) is 3.05. The Labute approximate surface area is 76.8 Å². The molecule has 0 saturated carbocycles. The molecule has 0 bridgehead atoms. The highest BCUT2D eigenvalue weighted by atomic mass is 16.5. The molecule has 0 aliphatic heterocycles. The summed E-state index contributed by atoms with van der Waals surface area (Å²) in [6, 6.07) is 7.81. The number of rotatable bonds is 1. The van der Waals surface area contributed by atoms with E-state index in [1.807, 2.05) is 24.3 Å². The van der Waals surface area contributed by atoms with E-state index in [4.69, 9.17) is 4.74 Å². The van der Waals surface area contributed by atoms with Crippen molar-refractivity contribution in [1.82, 2.24) is 0 Å². The van der Waals surface area contributed by atoms with Crippen molar-refractivity contribution < 1.29 is 9.53 Å². The van der Waals surface area contributed by atoms with Crippen molar-refractivity contribution in [2.75, 3.05) is 7.11 Å². The van der Waals surface area contributed by atoms with Crippen LogP contribution in [0.15, 0.2) is 30.3 Å². The van der Waals surface area contributed by atoms with Gasteiger partial charge in [-0.1, -0.05) is 24.3 Å². The van der Waals surface area contributed by atoms with Crippen molar-refractivity contribution in [2.24, 2.45) is 0 Å². The lowest BCUT2D eigenvalue weighted by Gasteiger charge is -2.15. The topological polar surface area (TPSA) is 26.3 Å². The molecule has 1 aromatic carbocycles. The van der Waals surface area contributed by atoms with E-state index in [1.54, 1.807) is 13.2 Å². The van der Waals surface area contributed by atoms with Crippen LogP contribution in [0, 0.1) is 0 Å². The molecule has 0 radical (unpaired) electrons. The van der Waals surface area contributed by atoms with Crippen LogP contribution in [0.2, 0.25) is 0 Å². The van der Waals surface area contributed by atoms with Crippen LogP contribution < -0.4 is 0 Å². The summed E-state index contributed by atoms with van der Waals surface area (Å²) in [4.78, 5) is 11.2. The van der Waals surface area contributed by atoms with Crippen LogP contribution in [0.1, 0.15) is 11.1 Å². The van der Waals surface area contributed by atoms with Crippen molar-refractivity contribution in [3.05, 3.63) is 41.5 Å². The second-order valence-electron chi connectivity index (χ2n) is 3.01. The van der Waals surface area contributed by atoms with Crippen LogP contribution in [0.5, 0.6) is 0 Å². The van der Waals surface area contributed by atoms with Crippen LogP contribution in [0.3, 0.4) is 0 Å². The normalized spacial score (nSPS) is 14.8. The monoisotopic (exact) mass is 174 g/mol. The zero-order chi connectivity index (χ0) is 9.26. The summed E-state index contributed by atoms with van der Waals surface area (Å²) in [5.74, 6) is 0.780. The van der Waals surface area contributed by atoms with E-state index in [2.05, 4.69) is 0 Å². The molecule has 66 valence electrons. The van der Waals surface area contributed by atoms with Gasteiger partial charge in [-0.05, 0) is 5.56 Å². The molecule has 1 aromatic rings. The van der Waals surface area contributed by atoms with Crippen LogP contribution >= 0.6 is 0 Å². The van der Waals surface area contributed by atoms with Gasteiger partial charge in [0.05, 0.1) is 7.11 Å². The number of benzene rings is 1. The van der Waals surface area contributed by atoms with Crippen LogP contribution in [-0.2, 0) is 16.0 Å². The number of ether oxygens (including phenoxy) is 1. The van der Waals surface area contributed by atoms with E-state index in [0.29, 0.717) is 12.2 Å². The lowest BCUT2D eigenvalue weighted by Crippen LogP contribution is -2.09. The Balaban J connectivity index is 2.55. The first-order valence-corrected chi connectivity index (χ1v) is 4.18. The molecule has 2 nitrogen and oxygen atoms in total. The Morgan fingerprint density at radius 1 is 1.31 bits per heavy atom. The molecule has 0 atom stereocenters. The molecule has 0 unspecified atom stereocenters. The van der Waals surface area contributed by atoms with Crippen molar-refractivity contribution in [3.8, 4) is 0 Å². The fourth-order valence-corrected chi connectivity index (χ4v) is 1.55. The van der Waals surface area contributed by atoms with Crippen LogP contribution in [0.25, 0.3) is 5.76 Å². The molecule has 0 aromatic heterocycles. The van der Waals surface area contributed by atoms with E-state index >= 15 is 0 Å². The maximum Gasteiger partial charge on any atom is 0.163 e. The van der Waals surface area contributed by atoms with Gasteiger partial charge in [-0.25, -0.2) is 0 Å². The molecule has 13 heavy (non-hydrogen) atoms. The van der Waals surface area contributed by atoms with E-state index in [-0.39, 0.29) is 5.78 Å². The van der Waals surface area contributed by atoms with Crippen LogP contribution in [-0.4, -0.2) is 12.9 Å². The zero-order valence-electron chi connectivity index (χ0n) is 7.41. The van der Waals surface area contributed by atoms with Crippen molar-refractivity contribution in [1.29, 1.82) is 0 Å². The maximum absolute atomic E-state index is 11.2. The van der Waals surface area contributed by atoms with E-state index in [1.165, 1.54) is 0 Å². The smallest absolute Gasteiger partial charge is 0.163 e. The molecule has 0 spiro atoms. The fourth-order valence-electron chi connectivity index (χ4n) is 1.55. The van der Waals surface area contributed by atoms with Gasteiger partial charge in [-0.15, -0.1) is 0 Å². The first-order valence-electron chi connectivity index (χ1n) is 4.18. The summed E-state index contributed by atoms with van der Waals surface area (Å²) in [6.07, 6.45) is 2.05. The molecule has 0 amide bonds. The molecule has 0 heterocycles. The lowest BCUT2D eigenvalue weighted by atomic mass is 9.95. The third-order valence-corrected chi connectivity index (χ3v) is 2.16. The minimum absolute atomic E-state index is 0.107. The van der Waals surface area contributed by atoms with Gasteiger partial charge in [-0.2, -0.15) is 0 Å². The van der Waals surface area contributed by atoms with Gasteiger partial charge in [0, 0.05) is 18.1 Å². The quantitative estimate of drug-likeness (QED) is 0.649. The number of methoxy groups -OCH3 is 1. The molecule has 1 aliphatic carbocycles. The van der Waals surface area contributed by atoms with Gasteiger partial charge in [0.2, 0.25) is 0 Å². The molecule has 0 saturated heterocycles. The second-order valence-corrected chi connectivity index (χ2v) is 3.01. The number of carbonyl (C=O) groups excluding carboxylic acids is 1. The maximum atomic E-state index is 11.2. The van der Waals surface area contributed by atoms with Crippen LogP contribution in [0.4, 0.5) is 0 Å². The summed E-state index contributed by atoms with van der Waals surface area (Å²) < 4.78 is 5.13. The third kappa shape index (κ3) is 1.35. The van der Waals surface area contributed by atoms with Crippen molar-refractivity contribution in [2.45, 2.75) is 6.42 Å². The summed E-state index contributed by atoms with van der Waals surface area (Å²) in [5.41, 5.74) is 2.08. The molecular weight excluding hydrogens is 164 g/mol. The number of ketones is 1. The van der Waals surface area contributed by atoms with Gasteiger partial charge in [0.15, 0.2) is 5.78 Å². The molecule has 2 heteroatoms. The predicted octanol–water partition coefficient (Wildman–Crippen LogP) is 1.80. The van der Waals surface area contributed by atoms with E-state index in [0.717, 1.165) is 11.1 Å². The Hall–Kier alpha value is -1.57. The standard InChI is InChI=1S/C11H10O2/c1-13-11-7-9(12)6-8-4-2-3-5-10(8)11/h2-5,7H,6H2,1H3. The van der Waals surface area contributed by atoms with Gasteiger partial charge in [0.25, 0.3) is 0 Å². The number of hydrogen-bond donors (Lipinski definition) is 0. The number of carbonyl (C=O) groups is 1. The Morgan fingerprint density at radius 3 is 2.85 bits per heavy atom. The predicted molar refractivity (Wildman–Crippen MR) is 50.1 cm³/mol. The molecular formula is C11H10O2. The highest BCUT2D eigenvalue weighted by Gasteiger charge is 2.16. The molecule has 0 N–H and O–H groups in total. The zero-order valence-corrected chi connectivity index (χ0v) is 7.41. The highest BCUT2D eigenvalue weighted by molar-refractivity contribution is 6.00. The van der Waals surface area contributed by atoms with Gasteiger partial charge in [-0.3, -0.25) is 4.79 Å². The molecule has 1 aliphatic rings. The minimum Gasteiger partial charge on any atom is -0.496 e. The largest absolute Gasteiger partial charge is 0.496 e. The first-order chi connectivity index (χ1) is 6.31. The first kappa shape index (κ1) is 8.05. The van der Waals surface area contributed by atoms with E-state index in [9.17, 15) is 4.79 Å². The number of hydrogen-bond acceptors (Lipinski definition) is 2. The van der Waals surface area contributed by atoms with Gasteiger partial charge in [0.1, 0.15) is 5.76 Å². The third-order valence-electron chi connectivity index (χ3n) is 2.16. The summed E-state index contributed by atoms with van der Waals surface area (Å²) >= 11 is 0. The van der Waals surface area contributed by atoms with Crippen molar-refractivity contribution in [3.63, 3.8) is 0 Å². The minimum atomic E-state index is 0.107. The Kier molecular flexibility index (Phi) is 1.89. The summed E-state index contributed by atoms with van der Waals surface area (Å²) in [7, 11) is 1.58. The average Bonchev–Trinajstić information content (AvgIpc) is 2.16. The summed E-state index contributed by atoms with van der Waals surface area (Å²) in [6.45, 7) is 0. The number of fused-ring (bicyclic) bond motifs is 1.